The minimum absolute atomic E-state index is 0.0813. The summed E-state index contributed by atoms with van der Waals surface area (Å²) in [6.07, 6.45) is 3.09. The molecule has 13 heteroatoms. The number of carbonyl (C=O) groups excluding carboxylic acids is 2. The number of methoxy groups -OCH3 is 1. The Bertz CT molecular complexity index is 1360. The van der Waals surface area contributed by atoms with Crippen LogP contribution in [0, 0.1) is 0 Å². The van der Waals surface area contributed by atoms with E-state index in [1.807, 2.05) is 5.38 Å². The van der Waals surface area contributed by atoms with Gasteiger partial charge in [-0.1, -0.05) is 34.8 Å². The van der Waals surface area contributed by atoms with Crippen LogP contribution >= 0.6 is 57.5 Å². The van der Waals surface area contributed by atoms with Gasteiger partial charge in [0, 0.05) is 41.0 Å². The first-order valence-electron chi connectivity index (χ1n) is 9.86. The van der Waals surface area contributed by atoms with Crippen molar-refractivity contribution in [3.63, 3.8) is 0 Å². The summed E-state index contributed by atoms with van der Waals surface area (Å²) in [6.45, 7) is 0.405. The van der Waals surface area contributed by atoms with Crippen LogP contribution in [0.4, 0.5) is 16.6 Å². The molecule has 4 rings (SSSR count). The minimum atomic E-state index is -0.554. The highest BCUT2D eigenvalue weighted by Gasteiger charge is 2.23. The number of ether oxygens (including phenoxy) is 1. The van der Waals surface area contributed by atoms with Crippen LogP contribution in [-0.2, 0) is 6.54 Å². The first-order valence-corrected chi connectivity index (χ1v) is 12.8. The molecule has 0 saturated carbocycles. The molecular weight excluding hydrogens is 553 g/mol. The van der Waals surface area contributed by atoms with Crippen molar-refractivity contribution in [3.05, 3.63) is 78.5 Å². The van der Waals surface area contributed by atoms with Crippen molar-refractivity contribution in [2.24, 2.45) is 0 Å². The Morgan fingerprint density at radius 1 is 1.03 bits per heavy atom. The van der Waals surface area contributed by atoms with Gasteiger partial charge in [0.15, 0.2) is 5.13 Å². The number of halogens is 3. The number of thiazole rings is 1. The maximum absolute atomic E-state index is 13.1. The van der Waals surface area contributed by atoms with Crippen LogP contribution in [0.15, 0.2) is 47.4 Å². The first kappa shape index (κ1) is 25.2. The summed E-state index contributed by atoms with van der Waals surface area (Å²) in [6, 6.07) is 6.05. The van der Waals surface area contributed by atoms with Crippen molar-refractivity contribution in [1.29, 1.82) is 0 Å². The number of hydrogen-bond donors (Lipinski definition) is 3. The summed E-state index contributed by atoms with van der Waals surface area (Å²) in [5.41, 5.74) is 0.963. The standard InChI is InChI=1S/C22H16Cl3N5O3S2/c1-33-15-7-13(24)6-14(20(31)29-16-3-2-12(23)9-27-16)18(15)30-21(32)19-17(25)11(10-35-19)8-28-22-26-4-5-34-22/h2-7,9-10H,8H2,1H3,(H,26,28)(H,30,32)(H,27,29,31). The van der Waals surface area contributed by atoms with Gasteiger partial charge in [0.25, 0.3) is 11.8 Å². The molecule has 3 heterocycles. The number of amides is 2. The molecule has 8 nitrogen and oxygen atoms in total. The molecule has 0 unspecified atom stereocenters. The second-order valence-electron chi connectivity index (χ2n) is 6.90. The van der Waals surface area contributed by atoms with Crippen LogP contribution in [0.2, 0.25) is 15.1 Å². The third-order valence-corrected chi connectivity index (χ3v) is 7.35. The van der Waals surface area contributed by atoms with Crippen LogP contribution in [-0.4, -0.2) is 28.9 Å². The van der Waals surface area contributed by atoms with Gasteiger partial charge >= 0.3 is 0 Å². The fourth-order valence-corrected chi connectivity index (χ4v) is 5.10. The Hall–Kier alpha value is -2.89. The SMILES string of the molecule is COc1cc(Cl)cc(C(=O)Nc2ccc(Cl)cn2)c1NC(=O)c1scc(CNc2nccs2)c1Cl. The molecule has 0 aliphatic heterocycles. The van der Waals surface area contributed by atoms with Crippen LogP contribution in [0.1, 0.15) is 25.6 Å². The van der Waals surface area contributed by atoms with Gasteiger partial charge in [0.05, 0.1) is 28.4 Å². The maximum Gasteiger partial charge on any atom is 0.267 e. The molecule has 0 aliphatic rings. The Morgan fingerprint density at radius 3 is 2.54 bits per heavy atom. The molecule has 4 aromatic rings. The largest absolute Gasteiger partial charge is 0.494 e. The number of carbonyl (C=O) groups is 2. The zero-order chi connectivity index (χ0) is 24.9. The number of rotatable bonds is 8. The average molecular weight is 569 g/mol. The lowest BCUT2D eigenvalue weighted by molar-refractivity contribution is 0.102. The summed E-state index contributed by atoms with van der Waals surface area (Å²) < 4.78 is 5.38. The lowest BCUT2D eigenvalue weighted by Crippen LogP contribution is -2.19. The highest BCUT2D eigenvalue weighted by molar-refractivity contribution is 7.13. The van der Waals surface area contributed by atoms with Crippen molar-refractivity contribution < 1.29 is 14.3 Å². The lowest BCUT2D eigenvalue weighted by atomic mass is 10.1. The molecule has 3 aromatic heterocycles. The van der Waals surface area contributed by atoms with Gasteiger partial charge < -0.3 is 20.7 Å². The first-order chi connectivity index (χ1) is 16.9. The Labute approximate surface area is 223 Å². The number of aromatic nitrogens is 2. The lowest BCUT2D eigenvalue weighted by Gasteiger charge is -2.15. The average Bonchev–Trinajstić information content (AvgIpc) is 3.49. The second-order valence-corrected chi connectivity index (χ2v) is 9.92. The van der Waals surface area contributed by atoms with E-state index >= 15 is 0 Å². The predicted molar refractivity (Wildman–Crippen MR) is 142 cm³/mol. The fraction of sp³-hybridized carbons (Fsp3) is 0.0909. The molecule has 0 fully saturated rings. The van der Waals surface area contributed by atoms with E-state index in [0.29, 0.717) is 16.6 Å². The van der Waals surface area contributed by atoms with Crippen LogP contribution < -0.4 is 20.7 Å². The number of hydrogen-bond acceptors (Lipinski definition) is 8. The molecule has 0 atom stereocenters. The maximum atomic E-state index is 13.1. The fourth-order valence-electron chi connectivity index (χ4n) is 2.99. The normalized spacial score (nSPS) is 10.6. The number of benzene rings is 1. The molecule has 1 aromatic carbocycles. The van der Waals surface area contributed by atoms with Gasteiger partial charge in [0.2, 0.25) is 0 Å². The van der Waals surface area contributed by atoms with E-state index in [2.05, 4.69) is 25.9 Å². The minimum Gasteiger partial charge on any atom is -0.494 e. The van der Waals surface area contributed by atoms with E-state index in [0.717, 1.165) is 10.7 Å². The molecule has 180 valence electrons. The van der Waals surface area contributed by atoms with Gasteiger partial charge in [-0.25, -0.2) is 9.97 Å². The van der Waals surface area contributed by atoms with Crippen molar-refractivity contribution in [3.8, 4) is 5.75 Å². The molecular formula is C22H16Cl3N5O3S2. The van der Waals surface area contributed by atoms with Gasteiger partial charge in [-0.2, -0.15) is 0 Å². The van der Waals surface area contributed by atoms with Crippen molar-refractivity contribution >= 4 is 85.9 Å². The van der Waals surface area contributed by atoms with Gasteiger partial charge in [-0.3, -0.25) is 9.59 Å². The summed E-state index contributed by atoms with van der Waals surface area (Å²) in [5, 5.41) is 13.9. The van der Waals surface area contributed by atoms with E-state index in [1.165, 1.54) is 48.1 Å². The molecule has 0 saturated heterocycles. The quantitative estimate of drug-likeness (QED) is 0.219. The van der Waals surface area contributed by atoms with E-state index in [9.17, 15) is 9.59 Å². The number of anilines is 3. The third kappa shape index (κ3) is 6.03. The topological polar surface area (TPSA) is 105 Å². The monoisotopic (exact) mass is 567 g/mol. The van der Waals surface area contributed by atoms with Crippen molar-refractivity contribution in [2.75, 3.05) is 23.1 Å². The number of pyridine rings is 1. The molecule has 0 aliphatic carbocycles. The summed E-state index contributed by atoms with van der Waals surface area (Å²) >= 11 is 21.2. The molecule has 35 heavy (non-hydrogen) atoms. The zero-order valence-electron chi connectivity index (χ0n) is 17.9. The van der Waals surface area contributed by atoms with Crippen LogP contribution in [0.5, 0.6) is 5.75 Å². The van der Waals surface area contributed by atoms with Crippen molar-refractivity contribution in [2.45, 2.75) is 6.54 Å². The summed E-state index contributed by atoms with van der Waals surface area (Å²) in [5.74, 6) is -0.575. The number of nitrogens with one attached hydrogen (secondary N) is 3. The van der Waals surface area contributed by atoms with Crippen LogP contribution in [0.25, 0.3) is 0 Å². The molecule has 0 spiro atoms. The third-order valence-electron chi connectivity index (χ3n) is 4.61. The number of thiophene rings is 1. The second kappa shape index (κ2) is 11.2. The van der Waals surface area contributed by atoms with E-state index in [4.69, 9.17) is 39.5 Å². The van der Waals surface area contributed by atoms with E-state index in [-0.39, 0.29) is 32.7 Å². The molecule has 3 N–H and O–H groups in total. The molecule has 2 amide bonds. The highest BCUT2D eigenvalue weighted by atomic mass is 35.5. The van der Waals surface area contributed by atoms with Crippen molar-refractivity contribution in [1.82, 2.24) is 9.97 Å². The van der Waals surface area contributed by atoms with Crippen LogP contribution in [0.3, 0.4) is 0 Å². The van der Waals surface area contributed by atoms with Gasteiger partial charge in [0.1, 0.15) is 16.4 Å². The zero-order valence-corrected chi connectivity index (χ0v) is 21.8. The Balaban J connectivity index is 1.58. The van der Waals surface area contributed by atoms with E-state index in [1.54, 1.807) is 23.7 Å². The highest BCUT2D eigenvalue weighted by Crippen LogP contribution is 2.35. The molecule has 0 bridgehead atoms. The van der Waals surface area contributed by atoms with Gasteiger partial charge in [-0.05, 0) is 23.6 Å². The Kier molecular flexibility index (Phi) is 8.09. The predicted octanol–water partition coefficient (Wildman–Crippen LogP) is 6.69. The van der Waals surface area contributed by atoms with Gasteiger partial charge in [-0.15, -0.1) is 22.7 Å². The molecule has 0 radical (unpaired) electrons. The van der Waals surface area contributed by atoms with E-state index < -0.39 is 11.8 Å². The summed E-state index contributed by atoms with van der Waals surface area (Å²) in [4.78, 5) is 34.7. The summed E-state index contributed by atoms with van der Waals surface area (Å²) in [7, 11) is 1.41. The Morgan fingerprint density at radius 2 is 1.86 bits per heavy atom. The smallest absolute Gasteiger partial charge is 0.267 e. The number of nitrogens with zero attached hydrogens (tertiary/aromatic N) is 2.